The van der Waals surface area contributed by atoms with Gasteiger partial charge in [0.05, 0.1) is 11.6 Å². The summed E-state index contributed by atoms with van der Waals surface area (Å²) in [6, 6.07) is 9.72. The fourth-order valence-corrected chi connectivity index (χ4v) is 4.98. The Hall–Kier alpha value is -1.99. The first-order chi connectivity index (χ1) is 13.8. The standard InChI is InChI=1S/C27H35N/c1-2-3-4-5-6-22-13-17-26(18-14-22)27-19-15-24(16-20-27)8-7-23-9-11-25(21-28)12-10-23/h9-12,15,22,26-27H,2-6,13-14,16-20H2,1H3. The van der Waals surface area contributed by atoms with E-state index in [0.29, 0.717) is 5.56 Å². The van der Waals surface area contributed by atoms with Crippen molar-refractivity contribution in [3.05, 3.63) is 47.0 Å². The predicted molar refractivity (Wildman–Crippen MR) is 118 cm³/mol. The molecule has 1 nitrogen and oxygen atoms in total. The molecule has 1 aromatic rings. The van der Waals surface area contributed by atoms with Crippen LogP contribution in [0.5, 0.6) is 0 Å². The molecular formula is C27H35N. The predicted octanol–water partition coefficient (Wildman–Crippen LogP) is 7.41. The summed E-state index contributed by atoms with van der Waals surface area (Å²) in [5, 5.41) is 8.87. The molecule has 2 aliphatic carbocycles. The molecule has 1 unspecified atom stereocenters. The second kappa shape index (κ2) is 11.1. The van der Waals surface area contributed by atoms with E-state index < -0.39 is 0 Å². The summed E-state index contributed by atoms with van der Waals surface area (Å²) < 4.78 is 0. The van der Waals surface area contributed by atoms with Crippen LogP contribution in [0.15, 0.2) is 35.9 Å². The van der Waals surface area contributed by atoms with Crippen molar-refractivity contribution in [2.24, 2.45) is 17.8 Å². The molecule has 0 aromatic heterocycles. The quantitative estimate of drug-likeness (QED) is 0.376. The van der Waals surface area contributed by atoms with E-state index >= 15 is 0 Å². The molecule has 148 valence electrons. The molecular weight excluding hydrogens is 338 g/mol. The molecule has 2 aliphatic rings. The number of allylic oxidation sites excluding steroid dienone is 2. The maximum Gasteiger partial charge on any atom is 0.0991 e. The van der Waals surface area contributed by atoms with Crippen molar-refractivity contribution in [2.75, 3.05) is 0 Å². The highest BCUT2D eigenvalue weighted by atomic mass is 14.3. The normalized spacial score (nSPS) is 24.6. The van der Waals surface area contributed by atoms with Gasteiger partial charge in [0, 0.05) is 5.56 Å². The molecule has 0 saturated heterocycles. The first-order valence-electron chi connectivity index (χ1n) is 11.5. The Morgan fingerprint density at radius 1 is 0.857 bits per heavy atom. The van der Waals surface area contributed by atoms with Crippen LogP contribution in [0.25, 0.3) is 0 Å². The summed E-state index contributed by atoms with van der Waals surface area (Å²) >= 11 is 0. The lowest BCUT2D eigenvalue weighted by Gasteiger charge is -2.35. The third-order valence-electron chi connectivity index (χ3n) is 6.86. The summed E-state index contributed by atoms with van der Waals surface area (Å²) in [5.41, 5.74) is 3.01. The summed E-state index contributed by atoms with van der Waals surface area (Å²) in [4.78, 5) is 0. The van der Waals surface area contributed by atoms with Crippen LogP contribution in [-0.4, -0.2) is 0 Å². The second-order valence-electron chi connectivity index (χ2n) is 8.83. The van der Waals surface area contributed by atoms with Gasteiger partial charge in [-0.2, -0.15) is 5.26 Å². The van der Waals surface area contributed by atoms with Crippen LogP contribution in [0.2, 0.25) is 0 Å². The topological polar surface area (TPSA) is 23.8 Å². The lowest BCUT2D eigenvalue weighted by molar-refractivity contribution is 0.186. The van der Waals surface area contributed by atoms with Gasteiger partial charge >= 0.3 is 0 Å². The fourth-order valence-electron chi connectivity index (χ4n) is 4.98. The van der Waals surface area contributed by atoms with E-state index in [1.54, 1.807) is 0 Å². The SMILES string of the molecule is CCCCCCC1CCC(C2CC=C(C#Cc3ccc(C#N)cc3)CC2)CC1. The van der Waals surface area contributed by atoms with Crippen LogP contribution >= 0.6 is 0 Å². The minimum absolute atomic E-state index is 0.695. The van der Waals surface area contributed by atoms with Gasteiger partial charge in [0.15, 0.2) is 0 Å². The molecule has 0 bridgehead atoms. The zero-order chi connectivity index (χ0) is 19.6. The molecule has 0 amide bonds. The van der Waals surface area contributed by atoms with Crippen molar-refractivity contribution in [2.45, 2.75) is 84.0 Å². The van der Waals surface area contributed by atoms with Crippen molar-refractivity contribution in [3.63, 3.8) is 0 Å². The van der Waals surface area contributed by atoms with E-state index in [1.807, 2.05) is 24.3 Å². The summed E-state index contributed by atoms with van der Waals surface area (Å²) in [5.74, 6) is 9.49. The van der Waals surface area contributed by atoms with Crippen LogP contribution in [0.1, 0.15) is 95.1 Å². The summed E-state index contributed by atoms with van der Waals surface area (Å²) in [6.07, 6.45) is 19.1. The minimum Gasteiger partial charge on any atom is -0.192 e. The highest BCUT2D eigenvalue weighted by molar-refractivity contribution is 5.43. The lowest BCUT2D eigenvalue weighted by atomic mass is 9.70. The van der Waals surface area contributed by atoms with E-state index in [-0.39, 0.29) is 0 Å². The molecule has 0 N–H and O–H groups in total. The highest BCUT2D eigenvalue weighted by Gasteiger charge is 2.28. The minimum atomic E-state index is 0.695. The first kappa shape index (κ1) is 20.7. The smallest absolute Gasteiger partial charge is 0.0991 e. The average molecular weight is 374 g/mol. The Kier molecular flexibility index (Phi) is 8.23. The van der Waals surface area contributed by atoms with Gasteiger partial charge in [-0.25, -0.2) is 0 Å². The van der Waals surface area contributed by atoms with Gasteiger partial charge in [-0.05, 0) is 79.7 Å². The van der Waals surface area contributed by atoms with Crippen molar-refractivity contribution in [1.29, 1.82) is 5.26 Å². The van der Waals surface area contributed by atoms with Crippen molar-refractivity contribution < 1.29 is 0 Å². The summed E-state index contributed by atoms with van der Waals surface area (Å²) in [7, 11) is 0. The van der Waals surface area contributed by atoms with E-state index in [2.05, 4.69) is 30.9 Å². The van der Waals surface area contributed by atoms with Gasteiger partial charge in [0.25, 0.3) is 0 Å². The first-order valence-corrected chi connectivity index (χ1v) is 11.5. The maximum atomic E-state index is 8.87. The van der Waals surface area contributed by atoms with Crippen LogP contribution in [0, 0.1) is 40.9 Å². The monoisotopic (exact) mass is 373 g/mol. The Morgan fingerprint density at radius 3 is 2.25 bits per heavy atom. The summed E-state index contributed by atoms with van der Waals surface area (Å²) in [6.45, 7) is 2.30. The molecule has 1 aromatic carbocycles. The molecule has 0 heterocycles. The van der Waals surface area contributed by atoms with Crippen LogP contribution in [0.4, 0.5) is 0 Å². The Balaban J connectivity index is 1.42. The number of nitrogens with zero attached hydrogens (tertiary/aromatic N) is 1. The number of unbranched alkanes of at least 4 members (excludes halogenated alkanes) is 3. The average Bonchev–Trinajstić information content (AvgIpc) is 2.76. The molecule has 1 heteroatoms. The van der Waals surface area contributed by atoms with Gasteiger partial charge < -0.3 is 0 Å². The lowest BCUT2D eigenvalue weighted by Crippen LogP contribution is -2.23. The third-order valence-corrected chi connectivity index (χ3v) is 6.86. The Bertz CT molecular complexity index is 729. The highest BCUT2D eigenvalue weighted by Crippen LogP contribution is 2.40. The van der Waals surface area contributed by atoms with Crippen molar-refractivity contribution >= 4 is 0 Å². The molecule has 0 aliphatic heterocycles. The van der Waals surface area contributed by atoms with E-state index in [0.717, 1.165) is 29.7 Å². The molecule has 28 heavy (non-hydrogen) atoms. The third kappa shape index (κ3) is 6.27. The number of hydrogen-bond acceptors (Lipinski definition) is 1. The molecule has 1 fully saturated rings. The van der Waals surface area contributed by atoms with Crippen LogP contribution < -0.4 is 0 Å². The van der Waals surface area contributed by atoms with Crippen LogP contribution in [-0.2, 0) is 0 Å². The van der Waals surface area contributed by atoms with Gasteiger partial charge in [0.1, 0.15) is 0 Å². The fraction of sp³-hybridized carbons (Fsp3) is 0.593. The van der Waals surface area contributed by atoms with Crippen LogP contribution in [0.3, 0.4) is 0 Å². The second-order valence-corrected chi connectivity index (χ2v) is 8.83. The molecule has 1 saturated carbocycles. The van der Waals surface area contributed by atoms with Gasteiger partial charge in [-0.3, -0.25) is 0 Å². The zero-order valence-electron chi connectivity index (χ0n) is 17.6. The molecule has 0 spiro atoms. The maximum absolute atomic E-state index is 8.87. The van der Waals surface area contributed by atoms with Gasteiger partial charge in [-0.15, -0.1) is 0 Å². The van der Waals surface area contributed by atoms with Gasteiger partial charge in [0.2, 0.25) is 0 Å². The van der Waals surface area contributed by atoms with Gasteiger partial charge in [-0.1, -0.05) is 69.8 Å². The number of rotatable bonds is 6. The number of hydrogen-bond donors (Lipinski definition) is 0. The van der Waals surface area contributed by atoms with E-state index in [9.17, 15) is 0 Å². The zero-order valence-corrected chi connectivity index (χ0v) is 17.6. The molecule has 1 atom stereocenters. The van der Waals surface area contributed by atoms with E-state index in [4.69, 9.17) is 5.26 Å². The number of benzene rings is 1. The largest absolute Gasteiger partial charge is 0.192 e. The van der Waals surface area contributed by atoms with Crippen molar-refractivity contribution in [1.82, 2.24) is 0 Å². The molecule has 0 radical (unpaired) electrons. The Morgan fingerprint density at radius 2 is 1.61 bits per heavy atom. The van der Waals surface area contributed by atoms with Crippen molar-refractivity contribution in [3.8, 4) is 17.9 Å². The molecule has 3 rings (SSSR count). The Labute approximate surface area is 172 Å². The van der Waals surface area contributed by atoms with E-state index in [1.165, 1.54) is 76.2 Å². The number of nitriles is 1.